The lowest BCUT2D eigenvalue weighted by Gasteiger charge is -2.36. The van der Waals surface area contributed by atoms with Crippen LogP contribution in [0.5, 0.6) is 0 Å². The van der Waals surface area contributed by atoms with Crippen LogP contribution in [0, 0.1) is 0 Å². The second kappa shape index (κ2) is 7.64. The van der Waals surface area contributed by atoms with Gasteiger partial charge in [0.15, 0.2) is 0 Å². The van der Waals surface area contributed by atoms with Crippen LogP contribution in [-0.4, -0.2) is 21.4 Å². The van der Waals surface area contributed by atoms with Crippen LogP contribution >= 0.6 is 0 Å². The van der Waals surface area contributed by atoms with Crippen molar-refractivity contribution < 1.29 is 4.74 Å². The molecule has 4 heteroatoms. The van der Waals surface area contributed by atoms with Gasteiger partial charge in [-0.1, -0.05) is 91.0 Å². The van der Waals surface area contributed by atoms with E-state index in [-0.39, 0.29) is 6.04 Å². The van der Waals surface area contributed by atoms with Gasteiger partial charge >= 0.3 is 0 Å². The predicted octanol–water partition coefficient (Wildman–Crippen LogP) is 4.77. The first-order valence-corrected chi connectivity index (χ1v) is 10.1. The summed E-state index contributed by atoms with van der Waals surface area (Å²) >= 11 is 0. The van der Waals surface area contributed by atoms with Gasteiger partial charge in [-0.25, -0.2) is 9.67 Å². The standard InChI is InChI=1S/C25H23N3O/c1-4-10-20(11-5-1)25(21-12-6-2-7-13-21,22-14-8-3-9-15-22)29-18-23-16-17-24-26-19-27-28(23)24/h1-15,19,23H,16-18H2. The van der Waals surface area contributed by atoms with E-state index in [2.05, 4.69) is 82.9 Å². The summed E-state index contributed by atoms with van der Waals surface area (Å²) in [5.41, 5.74) is 2.67. The zero-order valence-corrected chi connectivity index (χ0v) is 16.2. The molecule has 0 spiro atoms. The molecule has 0 saturated heterocycles. The van der Waals surface area contributed by atoms with Gasteiger partial charge < -0.3 is 4.74 Å². The Bertz CT molecular complexity index is 964. The molecule has 0 aliphatic carbocycles. The van der Waals surface area contributed by atoms with Gasteiger partial charge in [0.05, 0.1) is 12.6 Å². The fraction of sp³-hybridized carbons (Fsp3) is 0.200. The summed E-state index contributed by atoms with van der Waals surface area (Å²) in [5, 5.41) is 4.42. The second-order valence-corrected chi connectivity index (χ2v) is 7.40. The Morgan fingerprint density at radius 3 is 1.83 bits per heavy atom. The molecule has 29 heavy (non-hydrogen) atoms. The molecule has 4 aromatic rings. The van der Waals surface area contributed by atoms with E-state index in [1.807, 2.05) is 22.9 Å². The highest BCUT2D eigenvalue weighted by atomic mass is 16.5. The van der Waals surface area contributed by atoms with Crippen molar-refractivity contribution in [3.05, 3.63) is 120 Å². The van der Waals surface area contributed by atoms with Crippen LogP contribution in [0.25, 0.3) is 0 Å². The van der Waals surface area contributed by atoms with Crippen LogP contribution in [0.15, 0.2) is 97.3 Å². The maximum Gasteiger partial charge on any atom is 0.143 e. The topological polar surface area (TPSA) is 39.9 Å². The Labute approximate surface area is 170 Å². The smallest absolute Gasteiger partial charge is 0.143 e. The molecule has 0 saturated carbocycles. The first-order chi connectivity index (χ1) is 14.4. The molecule has 0 amide bonds. The molecule has 144 valence electrons. The van der Waals surface area contributed by atoms with E-state index < -0.39 is 5.60 Å². The lowest BCUT2D eigenvalue weighted by Crippen LogP contribution is -2.35. The second-order valence-electron chi connectivity index (χ2n) is 7.40. The van der Waals surface area contributed by atoms with E-state index in [0.717, 1.165) is 35.4 Å². The third kappa shape index (κ3) is 3.15. The van der Waals surface area contributed by atoms with Gasteiger partial charge in [0.1, 0.15) is 17.8 Å². The fourth-order valence-electron chi connectivity index (χ4n) is 4.32. The lowest BCUT2D eigenvalue weighted by molar-refractivity contribution is -0.00616. The van der Waals surface area contributed by atoms with Crippen LogP contribution in [0.2, 0.25) is 0 Å². The van der Waals surface area contributed by atoms with Gasteiger partial charge in [-0.2, -0.15) is 5.10 Å². The Morgan fingerprint density at radius 1 is 0.793 bits per heavy atom. The summed E-state index contributed by atoms with van der Waals surface area (Å²) in [4.78, 5) is 4.36. The molecule has 5 rings (SSSR count). The van der Waals surface area contributed by atoms with E-state index in [9.17, 15) is 0 Å². The number of fused-ring (bicyclic) bond motifs is 1. The number of aromatic nitrogens is 3. The maximum atomic E-state index is 6.91. The Kier molecular flexibility index (Phi) is 4.70. The Morgan fingerprint density at radius 2 is 1.31 bits per heavy atom. The minimum Gasteiger partial charge on any atom is -0.359 e. The van der Waals surface area contributed by atoms with E-state index in [1.165, 1.54) is 0 Å². The number of benzene rings is 3. The highest BCUT2D eigenvalue weighted by molar-refractivity contribution is 5.47. The van der Waals surface area contributed by atoms with E-state index >= 15 is 0 Å². The molecule has 1 unspecified atom stereocenters. The van der Waals surface area contributed by atoms with Crippen LogP contribution in [0.3, 0.4) is 0 Å². The molecule has 1 aromatic heterocycles. The monoisotopic (exact) mass is 381 g/mol. The van der Waals surface area contributed by atoms with Crippen LogP contribution in [0.4, 0.5) is 0 Å². The lowest BCUT2D eigenvalue weighted by atomic mass is 9.80. The number of ether oxygens (including phenoxy) is 1. The number of nitrogens with zero attached hydrogens (tertiary/aromatic N) is 3. The van der Waals surface area contributed by atoms with Crippen molar-refractivity contribution in [3.63, 3.8) is 0 Å². The zero-order chi connectivity index (χ0) is 19.5. The van der Waals surface area contributed by atoms with E-state index in [4.69, 9.17) is 4.74 Å². The van der Waals surface area contributed by atoms with Crippen molar-refractivity contribution in [1.29, 1.82) is 0 Å². The molecule has 0 fully saturated rings. The van der Waals surface area contributed by atoms with Gasteiger partial charge in [0.25, 0.3) is 0 Å². The normalized spacial score (nSPS) is 15.9. The quantitative estimate of drug-likeness (QED) is 0.452. The molecule has 1 aliphatic rings. The van der Waals surface area contributed by atoms with Crippen molar-refractivity contribution in [2.45, 2.75) is 24.5 Å². The fourth-order valence-corrected chi connectivity index (χ4v) is 4.32. The summed E-state index contributed by atoms with van der Waals surface area (Å²) < 4.78 is 8.93. The minimum atomic E-state index is -0.687. The third-order valence-corrected chi connectivity index (χ3v) is 5.73. The highest BCUT2D eigenvalue weighted by Gasteiger charge is 2.39. The molecule has 2 heterocycles. The van der Waals surface area contributed by atoms with Crippen molar-refractivity contribution in [2.75, 3.05) is 6.61 Å². The SMILES string of the molecule is c1ccc(C(OCC2CCc3ncnn32)(c2ccccc2)c2ccccc2)cc1. The van der Waals surface area contributed by atoms with Crippen LogP contribution in [0.1, 0.15) is 35.0 Å². The Hall–Kier alpha value is -3.24. The highest BCUT2D eigenvalue weighted by Crippen LogP contribution is 2.41. The predicted molar refractivity (Wildman–Crippen MR) is 113 cm³/mol. The Balaban J connectivity index is 1.62. The molecule has 1 atom stereocenters. The van der Waals surface area contributed by atoms with Crippen LogP contribution < -0.4 is 0 Å². The van der Waals surface area contributed by atoms with Gasteiger partial charge in [-0.15, -0.1) is 0 Å². The van der Waals surface area contributed by atoms with Crippen molar-refractivity contribution in [1.82, 2.24) is 14.8 Å². The average molecular weight is 381 g/mol. The summed E-state index contributed by atoms with van der Waals surface area (Å²) in [6.07, 6.45) is 3.59. The van der Waals surface area contributed by atoms with Gasteiger partial charge in [-0.3, -0.25) is 0 Å². The number of hydrogen-bond donors (Lipinski definition) is 0. The third-order valence-electron chi connectivity index (χ3n) is 5.73. The number of aryl methyl sites for hydroxylation is 1. The molecular weight excluding hydrogens is 358 g/mol. The van der Waals surface area contributed by atoms with Crippen molar-refractivity contribution in [2.24, 2.45) is 0 Å². The van der Waals surface area contributed by atoms with E-state index in [0.29, 0.717) is 6.61 Å². The molecule has 0 N–H and O–H groups in total. The molecular formula is C25H23N3O. The summed E-state index contributed by atoms with van der Waals surface area (Å²) in [6, 6.07) is 31.7. The van der Waals surface area contributed by atoms with Crippen molar-refractivity contribution in [3.8, 4) is 0 Å². The molecule has 4 nitrogen and oxygen atoms in total. The maximum absolute atomic E-state index is 6.91. The van der Waals surface area contributed by atoms with Gasteiger partial charge in [-0.05, 0) is 23.1 Å². The van der Waals surface area contributed by atoms with Gasteiger partial charge in [0, 0.05) is 6.42 Å². The van der Waals surface area contributed by atoms with Crippen LogP contribution in [-0.2, 0) is 16.8 Å². The van der Waals surface area contributed by atoms with Crippen molar-refractivity contribution >= 4 is 0 Å². The summed E-state index contributed by atoms with van der Waals surface area (Å²) in [7, 11) is 0. The molecule has 0 bridgehead atoms. The first kappa shape index (κ1) is 17.8. The molecule has 0 radical (unpaired) electrons. The number of hydrogen-bond acceptors (Lipinski definition) is 3. The zero-order valence-electron chi connectivity index (χ0n) is 16.2. The van der Waals surface area contributed by atoms with E-state index in [1.54, 1.807) is 6.33 Å². The first-order valence-electron chi connectivity index (χ1n) is 10.1. The van der Waals surface area contributed by atoms with Gasteiger partial charge in [0.2, 0.25) is 0 Å². The average Bonchev–Trinajstić information content (AvgIpc) is 3.41. The number of rotatable bonds is 6. The summed E-state index contributed by atoms with van der Waals surface area (Å²) in [6.45, 7) is 0.565. The summed E-state index contributed by atoms with van der Waals surface area (Å²) in [5.74, 6) is 1.04. The largest absolute Gasteiger partial charge is 0.359 e. The molecule has 3 aromatic carbocycles. The minimum absolute atomic E-state index is 0.197. The molecule has 1 aliphatic heterocycles.